The standard InChI is InChI=1S/C12H12N2O4/c1-18-12(15)10(7-13)11(8-14(16)17)9-5-3-2-4-6-9/h2-6,10-11H,8H2,1H3. The first-order chi connectivity index (χ1) is 8.60. The van der Waals surface area contributed by atoms with Gasteiger partial charge in [0.05, 0.1) is 19.1 Å². The van der Waals surface area contributed by atoms with Crippen LogP contribution in [0.3, 0.4) is 0 Å². The lowest BCUT2D eigenvalue weighted by Gasteiger charge is -2.16. The second-order valence-electron chi connectivity index (χ2n) is 3.66. The Kier molecular flexibility index (Phi) is 4.81. The summed E-state index contributed by atoms with van der Waals surface area (Å²) in [6.45, 7) is -0.489. The van der Waals surface area contributed by atoms with Crippen molar-refractivity contribution >= 4 is 5.97 Å². The molecule has 2 unspecified atom stereocenters. The molecule has 0 aliphatic rings. The summed E-state index contributed by atoms with van der Waals surface area (Å²) in [7, 11) is 1.15. The molecule has 0 heterocycles. The second kappa shape index (κ2) is 6.35. The zero-order valence-corrected chi connectivity index (χ0v) is 9.78. The van der Waals surface area contributed by atoms with E-state index in [9.17, 15) is 14.9 Å². The van der Waals surface area contributed by atoms with E-state index >= 15 is 0 Å². The zero-order valence-electron chi connectivity index (χ0n) is 9.78. The molecule has 0 N–H and O–H groups in total. The molecule has 6 nitrogen and oxygen atoms in total. The molecule has 6 heteroatoms. The predicted molar refractivity (Wildman–Crippen MR) is 62.2 cm³/mol. The summed E-state index contributed by atoms with van der Waals surface area (Å²) < 4.78 is 4.50. The lowest BCUT2D eigenvalue weighted by molar-refractivity contribution is -0.484. The van der Waals surface area contributed by atoms with Gasteiger partial charge in [0.1, 0.15) is 0 Å². The number of benzene rings is 1. The van der Waals surface area contributed by atoms with Crippen molar-refractivity contribution < 1.29 is 14.5 Å². The number of hydrogen-bond acceptors (Lipinski definition) is 5. The minimum absolute atomic E-state index is 0.489. The third-order valence-corrected chi connectivity index (χ3v) is 2.57. The molecular weight excluding hydrogens is 236 g/mol. The highest BCUT2D eigenvalue weighted by molar-refractivity contribution is 5.76. The molecule has 0 fully saturated rings. The van der Waals surface area contributed by atoms with Gasteiger partial charge < -0.3 is 4.74 Å². The highest BCUT2D eigenvalue weighted by atomic mass is 16.6. The van der Waals surface area contributed by atoms with E-state index in [0.717, 1.165) is 7.11 Å². The SMILES string of the molecule is COC(=O)C(C#N)C(C[N+](=O)[O-])c1ccccc1. The normalized spacial score (nSPS) is 13.1. The maximum Gasteiger partial charge on any atom is 0.323 e. The maximum absolute atomic E-state index is 11.5. The van der Waals surface area contributed by atoms with Crippen LogP contribution in [0.25, 0.3) is 0 Å². The minimum Gasteiger partial charge on any atom is -0.468 e. The summed E-state index contributed by atoms with van der Waals surface area (Å²) in [5.74, 6) is -2.74. The van der Waals surface area contributed by atoms with Gasteiger partial charge in [0.25, 0.3) is 0 Å². The first-order valence-electron chi connectivity index (χ1n) is 5.24. The van der Waals surface area contributed by atoms with Crippen molar-refractivity contribution in [1.82, 2.24) is 0 Å². The van der Waals surface area contributed by atoms with Crippen molar-refractivity contribution in [2.75, 3.05) is 13.7 Å². The predicted octanol–water partition coefficient (Wildman–Crippen LogP) is 1.36. The van der Waals surface area contributed by atoms with Crippen molar-refractivity contribution in [2.24, 2.45) is 5.92 Å². The molecule has 0 saturated heterocycles. The fraction of sp³-hybridized carbons (Fsp3) is 0.333. The van der Waals surface area contributed by atoms with Crippen LogP contribution < -0.4 is 0 Å². The Bertz CT molecular complexity index is 467. The van der Waals surface area contributed by atoms with Crippen molar-refractivity contribution in [1.29, 1.82) is 5.26 Å². The van der Waals surface area contributed by atoms with Gasteiger partial charge in [0.15, 0.2) is 5.92 Å². The molecule has 2 atom stereocenters. The summed E-state index contributed by atoms with van der Waals surface area (Å²) in [6.07, 6.45) is 0. The van der Waals surface area contributed by atoms with E-state index in [0.29, 0.717) is 5.56 Å². The summed E-state index contributed by atoms with van der Waals surface area (Å²) in [4.78, 5) is 21.6. The lowest BCUT2D eigenvalue weighted by Crippen LogP contribution is -2.27. The molecule has 0 spiro atoms. The minimum atomic E-state index is -1.18. The van der Waals surface area contributed by atoms with Crippen LogP contribution in [-0.4, -0.2) is 24.5 Å². The number of methoxy groups -OCH3 is 1. The second-order valence-corrected chi connectivity index (χ2v) is 3.66. The van der Waals surface area contributed by atoms with Crippen LogP contribution in [0.4, 0.5) is 0 Å². The number of esters is 1. The number of carbonyl (C=O) groups excluding carboxylic acids is 1. The van der Waals surface area contributed by atoms with E-state index in [1.165, 1.54) is 0 Å². The Hall–Kier alpha value is -2.42. The summed E-state index contributed by atoms with van der Waals surface area (Å²) in [5, 5.41) is 19.7. The van der Waals surface area contributed by atoms with Crippen LogP contribution in [0.5, 0.6) is 0 Å². The van der Waals surface area contributed by atoms with Crippen LogP contribution in [0.2, 0.25) is 0 Å². The average molecular weight is 248 g/mol. The van der Waals surface area contributed by atoms with E-state index in [2.05, 4.69) is 4.74 Å². The monoisotopic (exact) mass is 248 g/mol. The Morgan fingerprint density at radius 1 is 1.50 bits per heavy atom. The largest absolute Gasteiger partial charge is 0.468 e. The van der Waals surface area contributed by atoms with Crippen LogP contribution in [-0.2, 0) is 9.53 Å². The molecule has 0 aromatic heterocycles. The zero-order chi connectivity index (χ0) is 13.5. The number of nitrogens with zero attached hydrogens (tertiary/aromatic N) is 2. The number of hydrogen-bond donors (Lipinski definition) is 0. The van der Waals surface area contributed by atoms with Crippen LogP contribution in [0.15, 0.2) is 30.3 Å². The molecule has 0 bridgehead atoms. The molecule has 0 aliphatic heterocycles. The van der Waals surface area contributed by atoms with Crippen LogP contribution in [0, 0.1) is 27.4 Å². The van der Waals surface area contributed by atoms with Crippen molar-refractivity contribution in [3.63, 3.8) is 0 Å². The molecule has 0 amide bonds. The summed E-state index contributed by atoms with van der Waals surface area (Å²) in [6, 6.07) is 10.2. The number of nitro groups is 1. The fourth-order valence-electron chi connectivity index (χ4n) is 1.70. The number of nitriles is 1. The van der Waals surface area contributed by atoms with Gasteiger partial charge in [-0.1, -0.05) is 30.3 Å². The maximum atomic E-state index is 11.5. The molecule has 1 rings (SSSR count). The smallest absolute Gasteiger partial charge is 0.323 e. The molecule has 18 heavy (non-hydrogen) atoms. The van der Waals surface area contributed by atoms with E-state index in [-0.39, 0.29) is 0 Å². The first-order valence-corrected chi connectivity index (χ1v) is 5.24. The quantitative estimate of drug-likeness (QED) is 0.445. The fourth-order valence-corrected chi connectivity index (χ4v) is 1.70. The third kappa shape index (κ3) is 3.28. The Morgan fingerprint density at radius 2 is 2.11 bits per heavy atom. The van der Waals surface area contributed by atoms with E-state index in [4.69, 9.17) is 5.26 Å². The highest BCUT2D eigenvalue weighted by Gasteiger charge is 2.34. The van der Waals surface area contributed by atoms with Gasteiger partial charge in [-0.05, 0) is 5.56 Å². The van der Waals surface area contributed by atoms with Crippen molar-refractivity contribution in [2.45, 2.75) is 5.92 Å². The molecule has 0 aliphatic carbocycles. The Balaban J connectivity index is 3.09. The number of rotatable bonds is 5. The van der Waals surface area contributed by atoms with Crippen molar-refractivity contribution in [3.05, 3.63) is 46.0 Å². The van der Waals surface area contributed by atoms with Gasteiger partial charge in [-0.25, -0.2) is 0 Å². The van der Waals surface area contributed by atoms with Gasteiger partial charge in [-0.2, -0.15) is 5.26 Å². The van der Waals surface area contributed by atoms with E-state index in [1.54, 1.807) is 36.4 Å². The van der Waals surface area contributed by atoms with Crippen molar-refractivity contribution in [3.8, 4) is 6.07 Å². The molecule has 0 radical (unpaired) electrons. The topological polar surface area (TPSA) is 93.2 Å². The van der Waals surface area contributed by atoms with E-state index < -0.39 is 29.3 Å². The highest BCUT2D eigenvalue weighted by Crippen LogP contribution is 2.25. The van der Waals surface area contributed by atoms with Gasteiger partial charge in [-0.3, -0.25) is 14.9 Å². The summed E-state index contributed by atoms with van der Waals surface area (Å²) in [5.41, 5.74) is 0.575. The Labute approximate surface area is 104 Å². The average Bonchev–Trinajstić information content (AvgIpc) is 2.38. The van der Waals surface area contributed by atoms with Gasteiger partial charge in [0, 0.05) is 4.92 Å². The number of carbonyl (C=O) groups is 1. The lowest BCUT2D eigenvalue weighted by atomic mass is 9.87. The van der Waals surface area contributed by atoms with Crippen LogP contribution >= 0.6 is 0 Å². The molecule has 1 aromatic carbocycles. The third-order valence-electron chi connectivity index (χ3n) is 2.57. The molecule has 94 valence electrons. The van der Waals surface area contributed by atoms with Gasteiger partial charge in [-0.15, -0.1) is 0 Å². The molecule has 0 saturated carbocycles. The van der Waals surface area contributed by atoms with Crippen LogP contribution in [0.1, 0.15) is 11.5 Å². The first kappa shape index (κ1) is 13.6. The van der Waals surface area contributed by atoms with Gasteiger partial charge >= 0.3 is 5.97 Å². The number of ether oxygens (including phenoxy) is 1. The van der Waals surface area contributed by atoms with Gasteiger partial charge in [0.2, 0.25) is 6.54 Å². The molecule has 1 aromatic rings. The van der Waals surface area contributed by atoms with E-state index in [1.807, 2.05) is 0 Å². The Morgan fingerprint density at radius 3 is 2.56 bits per heavy atom. The molecular formula is C12H12N2O4. The summed E-state index contributed by atoms with van der Waals surface area (Å²) >= 11 is 0.